The minimum atomic E-state index is 0. The van der Waals surface area contributed by atoms with E-state index in [1.807, 2.05) is 103 Å². The molecule has 0 spiro atoms. The van der Waals surface area contributed by atoms with E-state index in [2.05, 4.69) is 63.6 Å². The molecule has 2 aliphatic rings. The van der Waals surface area contributed by atoms with Gasteiger partial charge in [-0.3, -0.25) is 0 Å². The maximum absolute atomic E-state index is 4.43. The van der Waals surface area contributed by atoms with E-state index in [0.29, 0.717) is 0 Å². The molecule has 0 saturated heterocycles. The van der Waals surface area contributed by atoms with Gasteiger partial charge in [-0.2, -0.15) is 67.3 Å². The summed E-state index contributed by atoms with van der Waals surface area (Å²) in [5, 5.41) is 0. The molecule has 6 rings (SSSR count). The Morgan fingerprint density at radius 2 is 1.39 bits per heavy atom. The van der Waals surface area contributed by atoms with Crippen molar-refractivity contribution in [2.24, 2.45) is 0 Å². The van der Waals surface area contributed by atoms with Gasteiger partial charge in [0.1, 0.15) is 5.82 Å². The average Bonchev–Trinajstić information content (AvgIpc) is 3.56. The maximum Gasteiger partial charge on any atom is 0.122 e. The SMILES string of the molecule is CCN1[CH-]N(c2[c-]cccc2)c2cccnc21.[Ir].[Ir].[c-]1ccccc1N1C=CN(c2ccccc2)[CH-]1. The third-order valence-corrected chi connectivity index (χ3v) is 5.51. The van der Waals surface area contributed by atoms with E-state index in [1.54, 1.807) is 0 Å². The first-order valence-electron chi connectivity index (χ1n) is 11.3. The van der Waals surface area contributed by atoms with Crippen molar-refractivity contribution >= 4 is 28.6 Å². The van der Waals surface area contributed by atoms with Gasteiger partial charge in [0, 0.05) is 52.1 Å². The number of aromatic nitrogens is 1. The number of hydrogen-bond donors (Lipinski definition) is 0. The van der Waals surface area contributed by atoms with E-state index in [4.69, 9.17) is 0 Å². The summed E-state index contributed by atoms with van der Waals surface area (Å²) in [5.41, 5.74) is 4.35. The fourth-order valence-corrected chi connectivity index (χ4v) is 3.81. The van der Waals surface area contributed by atoms with Gasteiger partial charge in [-0.15, -0.1) is 18.0 Å². The molecule has 0 N–H and O–H groups in total. The zero-order valence-corrected chi connectivity index (χ0v) is 24.4. The average molecular weight is 828 g/mol. The van der Waals surface area contributed by atoms with Gasteiger partial charge in [0.25, 0.3) is 0 Å². The third kappa shape index (κ3) is 6.24. The molecule has 0 fully saturated rings. The molecule has 7 heteroatoms. The minimum Gasteiger partial charge on any atom is -0.500 e. The summed E-state index contributed by atoms with van der Waals surface area (Å²) in [7, 11) is 0. The summed E-state index contributed by atoms with van der Waals surface area (Å²) in [6, 6.07) is 36.6. The van der Waals surface area contributed by atoms with Crippen molar-refractivity contribution < 1.29 is 40.2 Å². The first-order valence-corrected chi connectivity index (χ1v) is 11.3. The smallest absolute Gasteiger partial charge is 0.122 e. The molecule has 36 heavy (non-hydrogen) atoms. The van der Waals surface area contributed by atoms with Crippen LogP contribution in [0.2, 0.25) is 0 Å². The molecule has 188 valence electrons. The van der Waals surface area contributed by atoms with Crippen molar-refractivity contribution in [2.45, 2.75) is 6.92 Å². The number of pyridine rings is 1. The van der Waals surface area contributed by atoms with Crippen LogP contribution < -0.4 is 19.6 Å². The fourth-order valence-electron chi connectivity index (χ4n) is 3.81. The number of nitrogens with zero attached hydrogens (tertiary/aromatic N) is 5. The van der Waals surface area contributed by atoms with Crippen molar-refractivity contribution in [2.75, 3.05) is 26.1 Å². The molecule has 0 atom stereocenters. The van der Waals surface area contributed by atoms with Crippen LogP contribution in [0.3, 0.4) is 0 Å². The van der Waals surface area contributed by atoms with Crippen LogP contribution >= 0.6 is 0 Å². The van der Waals surface area contributed by atoms with Crippen molar-refractivity contribution in [3.8, 4) is 0 Å². The molecule has 1 aromatic heterocycles. The topological polar surface area (TPSA) is 25.9 Å². The second kappa shape index (κ2) is 13.4. The largest absolute Gasteiger partial charge is 0.500 e. The molecular formula is C29H25Ir2N5-4. The number of fused-ring (bicyclic) bond motifs is 1. The van der Waals surface area contributed by atoms with Gasteiger partial charge in [0.2, 0.25) is 0 Å². The monoisotopic (exact) mass is 829 g/mol. The summed E-state index contributed by atoms with van der Waals surface area (Å²) < 4.78 is 0. The molecule has 5 nitrogen and oxygen atoms in total. The molecule has 0 unspecified atom stereocenters. The second-order valence-corrected chi connectivity index (χ2v) is 7.68. The summed E-state index contributed by atoms with van der Waals surface area (Å²) in [5.74, 6) is 1.01. The quantitative estimate of drug-likeness (QED) is 0.223. The van der Waals surface area contributed by atoms with Gasteiger partial charge in [-0.25, -0.2) is 4.98 Å². The van der Waals surface area contributed by atoms with E-state index in [1.165, 1.54) is 0 Å². The van der Waals surface area contributed by atoms with Crippen LogP contribution in [0.15, 0.2) is 110 Å². The predicted molar refractivity (Wildman–Crippen MR) is 139 cm³/mol. The van der Waals surface area contributed by atoms with Crippen LogP contribution in [0.5, 0.6) is 0 Å². The Bertz CT molecular complexity index is 1170. The van der Waals surface area contributed by atoms with Gasteiger partial charge in [-0.05, 0) is 50.1 Å². The fraction of sp³-hybridized carbons (Fsp3) is 0.0690. The van der Waals surface area contributed by atoms with Gasteiger partial charge in [0.15, 0.2) is 0 Å². The zero-order valence-electron chi connectivity index (χ0n) is 19.7. The van der Waals surface area contributed by atoms with Gasteiger partial charge < -0.3 is 19.6 Å². The molecule has 3 heterocycles. The first kappa shape index (κ1) is 27.6. The normalized spacial score (nSPS) is 13.4. The van der Waals surface area contributed by atoms with E-state index in [-0.39, 0.29) is 40.2 Å². The Morgan fingerprint density at radius 3 is 2.06 bits per heavy atom. The van der Waals surface area contributed by atoms with Crippen LogP contribution in [-0.4, -0.2) is 11.5 Å². The molecule has 0 aliphatic carbocycles. The molecule has 3 aromatic carbocycles. The van der Waals surface area contributed by atoms with Crippen LogP contribution in [0.4, 0.5) is 28.6 Å². The number of anilines is 5. The van der Waals surface area contributed by atoms with E-state index < -0.39 is 0 Å². The number of hydrogen-bond acceptors (Lipinski definition) is 5. The van der Waals surface area contributed by atoms with Gasteiger partial charge >= 0.3 is 0 Å². The maximum atomic E-state index is 4.43. The van der Waals surface area contributed by atoms with Crippen molar-refractivity contribution in [3.63, 3.8) is 0 Å². The molecular weight excluding hydrogens is 803 g/mol. The van der Waals surface area contributed by atoms with Crippen molar-refractivity contribution in [1.82, 2.24) is 4.98 Å². The Morgan fingerprint density at radius 1 is 0.722 bits per heavy atom. The molecule has 4 aromatic rings. The second-order valence-electron chi connectivity index (χ2n) is 7.68. The summed E-state index contributed by atoms with van der Waals surface area (Å²) in [6.45, 7) is 7.14. The summed E-state index contributed by atoms with van der Waals surface area (Å²) in [4.78, 5) is 12.8. The Kier molecular flexibility index (Phi) is 10.3. The molecule has 0 amide bonds. The van der Waals surface area contributed by atoms with E-state index in [9.17, 15) is 0 Å². The van der Waals surface area contributed by atoms with E-state index >= 15 is 0 Å². The molecule has 2 radical (unpaired) electrons. The number of benzene rings is 3. The third-order valence-electron chi connectivity index (χ3n) is 5.51. The van der Waals surface area contributed by atoms with E-state index in [0.717, 1.165) is 35.1 Å². The Balaban J connectivity index is 0.000000190. The first-order chi connectivity index (χ1) is 16.8. The van der Waals surface area contributed by atoms with Gasteiger partial charge in [-0.1, -0.05) is 18.2 Å². The van der Waals surface area contributed by atoms with Crippen molar-refractivity contribution in [1.29, 1.82) is 0 Å². The number of rotatable bonds is 4. The van der Waals surface area contributed by atoms with Gasteiger partial charge in [0.05, 0.1) is 5.69 Å². The minimum absolute atomic E-state index is 0. The van der Waals surface area contributed by atoms with Crippen LogP contribution in [0, 0.1) is 25.5 Å². The predicted octanol–water partition coefficient (Wildman–Crippen LogP) is 6.38. The molecule has 2 aliphatic heterocycles. The molecule has 0 bridgehead atoms. The number of para-hydroxylation sites is 3. The van der Waals surface area contributed by atoms with Crippen LogP contribution in [0.25, 0.3) is 0 Å². The molecule has 0 saturated carbocycles. The van der Waals surface area contributed by atoms with Crippen LogP contribution in [0.1, 0.15) is 6.92 Å². The van der Waals surface area contributed by atoms with Crippen LogP contribution in [-0.2, 0) is 40.2 Å². The standard InChI is InChI=1S/C15H12N2.C14H13N3.2Ir/c1-3-7-14(8-4-1)16-11-12-17(13-16)15-9-5-2-6-10-15;1-2-16-11-17(12-7-4-3-5-8-12)13-9-6-10-15-14(13)16;;/h1-9,11-13H;3-7,9-11H,2H2,1H3;;/q2*-2;;. The van der Waals surface area contributed by atoms with Crippen molar-refractivity contribution in [3.05, 3.63) is 135 Å². The summed E-state index contributed by atoms with van der Waals surface area (Å²) >= 11 is 0. The Hall–Kier alpha value is -2.95. The summed E-state index contributed by atoms with van der Waals surface area (Å²) in [6.07, 6.45) is 5.89. The zero-order chi connectivity index (χ0) is 23.2. The Labute approximate surface area is 240 Å².